The Bertz CT molecular complexity index is 1130. The minimum absolute atomic E-state index is 0.0196. The normalized spacial score (nSPS) is 20.6. The van der Waals surface area contributed by atoms with Crippen molar-refractivity contribution in [3.05, 3.63) is 74.9 Å². The number of hydrogen-bond acceptors (Lipinski definition) is 3. The van der Waals surface area contributed by atoms with Crippen LogP contribution in [0.25, 0.3) is 0 Å². The number of carbonyl (C=O) groups excluding carboxylic acids is 2. The fourth-order valence-corrected chi connectivity index (χ4v) is 5.24. The highest BCUT2D eigenvalue weighted by Crippen LogP contribution is 2.50. The van der Waals surface area contributed by atoms with Crippen LogP contribution in [0.5, 0.6) is 0 Å². The molecule has 2 aliphatic rings. The Morgan fingerprint density at radius 2 is 1.71 bits per heavy atom. The third-order valence-electron chi connectivity index (χ3n) is 5.84. The Morgan fingerprint density at radius 3 is 2.35 bits per heavy atom. The van der Waals surface area contributed by atoms with Gasteiger partial charge in [0.05, 0.1) is 5.56 Å². The molecule has 0 radical (unpaired) electrons. The smallest absolute Gasteiger partial charge is 0.335 e. The number of Topliss-reactive ketones (excluding diaryl/α,β-unsaturated/α-hetero) is 1. The first kappa shape index (κ1) is 21.6. The molecule has 1 aliphatic carbocycles. The van der Waals surface area contributed by atoms with Crippen LogP contribution in [0.3, 0.4) is 0 Å². The van der Waals surface area contributed by atoms with Crippen molar-refractivity contribution in [1.82, 2.24) is 0 Å². The van der Waals surface area contributed by atoms with Crippen molar-refractivity contribution in [2.45, 2.75) is 39.0 Å². The maximum atomic E-state index is 13.4. The lowest BCUT2D eigenvalue weighted by Crippen LogP contribution is -2.43. The van der Waals surface area contributed by atoms with Crippen molar-refractivity contribution in [1.29, 1.82) is 0 Å². The van der Waals surface area contributed by atoms with Crippen molar-refractivity contribution < 1.29 is 19.5 Å². The molecule has 1 unspecified atom stereocenters. The summed E-state index contributed by atoms with van der Waals surface area (Å²) in [6, 6.07) is 11.3. The largest absolute Gasteiger partial charge is 0.478 e. The predicted molar refractivity (Wildman–Crippen MR) is 120 cm³/mol. The van der Waals surface area contributed by atoms with Crippen molar-refractivity contribution in [2.75, 3.05) is 4.90 Å². The van der Waals surface area contributed by atoms with Gasteiger partial charge >= 0.3 is 5.97 Å². The number of ketones is 1. The van der Waals surface area contributed by atoms with E-state index in [4.69, 9.17) is 23.2 Å². The molecule has 7 heteroatoms. The predicted octanol–water partition coefficient (Wildman–Crippen LogP) is 5.86. The summed E-state index contributed by atoms with van der Waals surface area (Å²) in [4.78, 5) is 39.7. The molecule has 1 heterocycles. The van der Waals surface area contributed by atoms with Gasteiger partial charge in [-0.25, -0.2) is 4.79 Å². The van der Waals surface area contributed by atoms with E-state index in [1.807, 2.05) is 13.8 Å². The summed E-state index contributed by atoms with van der Waals surface area (Å²) < 4.78 is 0. The molecule has 2 aromatic rings. The van der Waals surface area contributed by atoms with E-state index < -0.39 is 11.9 Å². The number of anilines is 1. The molecule has 1 atom stereocenters. The summed E-state index contributed by atoms with van der Waals surface area (Å²) in [5.74, 6) is -1.89. The maximum absolute atomic E-state index is 13.4. The van der Waals surface area contributed by atoms with E-state index in [0.29, 0.717) is 45.4 Å². The van der Waals surface area contributed by atoms with Crippen LogP contribution in [-0.4, -0.2) is 22.8 Å². The zero-order valence-corrected chi connectivity index (χ0v) is 18.6. The fourth-order valence-electron chi connectivity index (χ4n) is 4.58. The molecule has 160 valence electrons. The number of halogens is 2. The lowest BCUT2D eigenvalue weighted by Gasteiger charge is -2.43. The second-order valence-electron chi connectivity index (χ2n) is 8.78. The number of carbonyl (C=O) groups is 3. The van der Waals surface area contributed by atoms with E-state index in [-0.39, 0.29) is 29.1 Å². The third-order valence-corrected chi connectivity index (χ3v) is 6.50. The van der Waals surface area contributed by atoms with Crippen LogP contribution in [0.2, 0.25) is 10.0 Å². The molecule has 1 N–H and O–H groups in total. The number of aromatic carboxylic acids is 1. The lowest BCUT2D eigenvalue weighted by molar-refractivity contribution is -0.121. The molecule has 0 saturated carbocycles. The van der Waals surface area contributed by atoms with E-state index in [9.17, 15) is 19.5 Å². The Balaban J connectivity index is 1.94. The van der Waals surface area contributed by atoms with Gasteiger partial charge in [-0.2, -0.15) is 0 Å². The highest BCUT2D eigenvalue weighted by atomic mass is 35.5. The number of hydrogen-bond donors (Lipinski definition) is 1. The van der Waals surface area contributed by atoms with Crippen LogP contribution in [0.15, 0.2) is 53.7 Å². The summed E-state index contributed by atoms with van der Waals surface area (Å²) in [5.41, 5.74) is 1.89. The average Bonchev–Trinajstić information content (AvgIpc) is 2.66. The second-order valence-corrected chi connectivity index (χ2v) is 9.59. The van der Waals surface area contributed by atoms with Crippen LogP contribution in [0.4, 0.5) is 5.69 Å². The third kappa shape index (κ3) is 3.88. The van der Waals surface area contributed by atoms with Gasteiger partial charge in [-0.15, -0.1) is 0 Å². The zero-order valence-electron chi connectivity index (χ0n) is 17.1. The number of allylic oxidation sites excluding steroid dienone is 2. The Labute approximate surface area is 190 Å². The monoisotopic (exact) mass is 457 g/mol. The average molecular weight is 458 g/mol. The van der Waals surface area contributed by atoms with Gasteiger partial charge in [0.25, 0.3) is 0 Å². The number of benzene rings is 2. The first-order valence-corrected chi connectivity index (χ1v) is 10.7. The van der Waals surface area contributed by atoms with E-state index in [1.54, 1.807) is 30.3 Å². The van der Waals surface area contributed by atoms with E-state index in [0.717, 1.165) is 0 Å². The fraction of sp³-hybridized carbons (Fsp3) is 0.292. The van der Waals surface area contributed by atoms with Gasteiger partial charge in [-0.05, 0) is 47.7 Å². The van der Waals surface area contributed by atoms with Gasteiger partial charge in [0.2, 0.25) is 5.91 Å². The number of rotatable bonds is 3. The lowest BCUT2D eigenvalue weighted by atomic mass is 9.69. The summed E-state index contributed by atoms with van der Waals surface area (Å²) in [5, 5.41) is 10.2. The minimum atomic E-state index is -1.08. The van der Waals surface area contributed by atoms with Gasteiger partial charge < -0.3 is 5.11 Å². The summed E-state index contributed by atoms with van der Waals surface area (Å²) in [6.07, 6.45) is 0.864. The molecule has 31 heavy (non-hydrogen) atoms. The van der Waals surface area contributed by atoms with Crippen molar-refractivity contribution >= 4 is 46.5 Å². The SMILES string of the molecule is CC1(C)CC(=O)C2=C(C1)N(c1cccc(C(=O)O)c1)C(=O)CC2c1c(Cl)cccc1Cl. The van der Waals surface area contributed by atoms with Crippen LogP contribution in [-0.2, 0) is 9.59 Å². The molecule has 0 saturated heterocycles. The van der Waals surface area contributed by atoms with Gasteiger partial charge in [0.1, 0.15) is 0 Å². The van der Waals surface area contributed by atoms with Crippen molar-refractivity contribution in [2.24, 2.45) is 5.41 Å². The Morgan fingerprint density at radius 1 is 1.06 bits per heavy atom. The molecular formula is C24H21Cl2NO4. The van der Waals surface area contributed by atoms with Crippen LogP contribution in [0, 0.1) is 5.41 Å². The molecule has 1 amide bonds. The number of carboxylic acid groups (broad SMARTS) is 1. The molecule has 4 rings (SSSR count). The number of nitrogens with zero attached hydrogens (tertiary/aromatic N) is 1. The first-order chi connectivity index (χ1) is 14.6. The topological polar surface area (TPSA) is 74.7 Å². The molecule has 2 aromatic carbocycles. The summed E-state index contributed by atoms with van der Waals surface area (Å²) in [6.45, 7) is 3.97. The molecule has 5 nitrogen and oxygen atoms in total. The van der Waals surface area contributed by atoms with Crippen LogP contribution in [0.1, 0.15) is 54.9 Å². The van der Waals surface area contributed by atoms with Gasteiger partial charge in [-0.3, -0.25) is 14.5 Å². The Kier molecular flexibility index (Phi) is 5.44. The van der Waals surface area contributed by atoms with Gasteiger partial charge in [0.15, 0.2) is 5.78 Å². The van der Waals surface area contributed by atoms with E-state index >= 15 is 0 Å². The molecule has 0 bridgehead atoms. The highest BCUT2D eigenvalue weighted by molar-refractivity contribution is 6.36. The van der Waals surface area contributed by atoms with Gasteiger partial charge in [-0.1, -0.05) is 49.2 Å². The quantitative estimate of drug-likeness (QED) is 0.626. The molecule has 0 fully saturated rings. The number of amides is 1. The highest BCUT2D eigenvalue weighted by Gasteiger charge is 2.45. The first-order valence-electron chi connectivity index (χ1n) is 9.95. The van der Waals surface area contributed by atoms with E-state index in [2.05, 4.69) is 0 Å². The van der Waals surface area contributed by atoms with Crippen molar-refractivity contribution in [3.8, 4) is 0 Å². The minimum Gasteiger partial charge on any atom is -0.478 e. The standard InChI is InChI=1S/C24H21Cl2NO4/c1-24(2)11-18-22(19(28)12-24)15(21-16(25)7-4-8-17(21)26)10-20(29)27(18)14-6-3-5-13(9-14)23(30)31/h3-9,15H,10-12H2,1-2H3,(H,30,31). The van der Waals surface area contributed by atoms with Crippen LogP contribution < -0.4 is 4.90 Å². The van der Waals surface area contributed by atoms with Gasteiger partial charge in [0, 0.05) is 45.8 Å². The van der Waals surface area contributed by atoms with E-state index in [1.165, 1.54) is 17.0 Å². The second kappa shape index (κ2) is 7.81. The molecule has 0 aromatic heterocycles. The van der Waals surface area contributed by atoms with Crippen LogP contribution >= 0.6 is 23.2 Å². The molecule has 1 aliphatic heterocycles. The number of carboxylic acids is 1. The maximum Gasteiger partial charge on any atom is 0.335 e. The summed E-state index contributed by atoms with van der Waals surface area (Å²) in [7, 11) is 0. The molecular weight excluding hydrogens is 437 g/mol. The zero-order chi connectivity index (χ0) is 22.5. The Hall–Kier alpha value is -2.63. The van der Waals surface area contributed by atoms with Crippen molar-refractivity contribution in [3.63, 3.8) is 0 Å². The summed E-state index contributed by atoms with van der Waals surface area (Å²) >= 11 is 12.9. The molecule has 0 spiro atoms.